The molecule has 0 aliphatic rings. The Morgan fingerprint density at radius 2 is 2.03 bits per heavy atom. The van der Waals surface area contributed by atoms with Crippen LogP contribution in [0.3, 0.4) is 0 Å². The molecule has 35 heavy (non-hydrogen) atoms. The Balaban J connectivity index is 2.13. The number of carbonyl (C=O) groups is 1. The molecule has 2 aromatic rings. The maximum absolute atomic E-state index is 14.1. The van der Waals surface area contributed by atoms with Gasteiger partial charge in [0.1, 0.15) is 25.4 Å². The van der Waals surface area contributed by atoms with Crippen molar-refractivity contribution in [3.8, 4) is 0 Å². The van der Waals surface area contributed by atoms with Crippen LogP contribution in [0.25, 0.3) is 11.2 Å². The van der Waals surface area contributed by atoms with E-state index < -0.39 is 45.3 Å². The topological polar surface area (TPSA) is 167 Å². The van der Waals surface area contributed by atoms with Crippen LogP contribution in [-0.2, 0) is 23.4 Å². The lowest BCUT2D eigenvalue weighted by molar-refractivity contribution is -0.149. The summed E-state index contributed by atoms with van der Waals surface area (Å²) >= 11 is 0. The second-order valence-corrected chi connectivity index (χ2v) is 9.19. The molecule has 2 rings (SSSR count). The van der Waals surface area contributed by atoms with E-state index in [1.54, 1.807) is 13.8 Å². The Kier molecular flexibility index (Phi) is 10.7. The third kappa shape index (κ3) is 7.74. The number of nitrogens with one attached hydrogen (secondary N) is 1. The molecule has 2 unspecified atom stereocenters. The Hall–Kier alpha value is -2.51. The zero-order chi connectivity index (χ0) is 26.3. The number of aliphatic hydroxyl groups is 1. The van der Waals surface area contributed by atoms with Gasteiger partial charge in [0.15, 0.2) is 23.2 Å². The van der Waals surface area contributed by atoms with E-state index in [1.165, 1.54) is 24.7 Å². The molecular weight excluding hydrogens is 484 g/mol. The lowest BCUT2D eigenvalue weighted by Gasteiger charge is -2.24. The van der Waals surface area contributed by atoms with Crippen LogP contribution in [0.5, 0.6) is 0 Å². The molecule has 2 aromatic heterocycles. The number of fused-ring (bicyclic) bond motifs is 1. The fraction of sp³-hybridized carbons (Fsp3) is 0.700. The third-order valence-electron chi connectivity index (χ3n) is 4.93. The van der Waals surface area contributed by atoms with Crippen LogP contribution in [0.4, 0.5) is 16.2 Å². The summed E-state index contributed by atoms with van der Waals surface area (Å²) < 4.78 is 43.7. The number of aliphatic hydroxyl groups excluding tert-OH is 1. The van der Waals surface area contributed by atoms with E-state index in [4.69, 9.17) is 19.7 Å². The molecule has 2 heterocycles. The first-order chi connectivity index (χ1) is 16.5. The predicted molar refractivity (Wildman–Crippen MR) is 128 cm³/mol. The smallest absolute Gasteiger partial charge is 0.462 e. The van der Waals surface area contributed by atoms with Crippen molar-refractivity contribution in [1.29, 1.82) is 0 Å². The molecule has 0 radical (unpaired) electrons. The van der Waals surface area contributed by atoms with Gasteiger partial charge in [-0.1, -0.05) is 5.09 Å². The fourth-order valence-corrected chi connectivity index (χ4v) is 3.72. The minimum absolute atomic E-state index is 0.0178. The summed E-state index contributed by atoms with van der Waals surface area (Å²) in [5.74, 6) is -0.125. The highest BCUT2D eigenvalue weighted by Gasteiger charge is 2.32. The Labute approximate surface area is 204 Å². The van der Waals surface area contributed by atoms with Crippen LogP contribution in [-0.4, -0.2) is 81.8 Å². The van der Waals surface area contributed by atoms with Gasteiger partial charge in [-0.3, -0.25) is 9.36 Å². The zero-order valence-corrected chi connectivity index (χ0v) is 21.6. The van der Waals surface area contributed by atoms with Crippen molar-refractivity contribution >= 4 is 37.1 Å². The maximum atomic E-state index is 14.1. The van der Waals surface area contributed by atoms with Gasteiger partial charge in [-0.15, -0.1) is 4.52 Å². The molecule has 0 bridgehead atoms. The van der Waals surface area contributed by atoms with Gasteiger partial charge in [0.25, 0.3) is 0 Å². The number of carbonyl (C=O) groups excluding carboxylic acids is 1. The number of halogens is 1. The summed E-state index contributed by atoms with van der Waals surface area (Å²) in [6.07, 6.45) is -2.38. The van der Waals surface area contributed by atoms with Crippen LogP contribution < -0.4 is 15.7 Å². The number of rotatable bonds is 14. The summed E-state index contributed by atoms with van der Waals surface area (Å²) in [6.45, 7) is 7.51. The number of ether oxygens (including phenoxy) is 2. The molecule has 13 nitrogen and oxygen atoms in total. The number of hydrogen-bond donors (Lipinski definition) is 3. The fourth-order valence-electron chi connectivity index (χ4n) is 2.94. The lowest BCUT2D eigenvalue weighted by atomic mass is 10.2. The van der Waals surface area contributed by atoms with Gasteiger partial charge < -0.3 is 25.2 Å². The maximum Gasteiger partial charge on any atom is 0.613 e. The van der Waals surface area contributed by atoms with Gasteiger partial charge >= 0.3 is 14.1 Å². The summed E-state index contributed by atoms with van der Waals surface area (Å²) in [5.41, 5.74) is 6.51. The minimum Gasteiger partial charge on any atom is -0.462 e. The largest absolute Gasteiger partial charge is 0.613 e. The standard InChI is InChI=1S/C20H34FN7O6P/c1-7-27(6)17-16-18(25-20(22)24-17)28(10-23-16)15(8-21)34-14(13(5)29)9-32-35(31)26-12(4)19(30)33-11(2)3/h10-15,29H,7-9H2,1-6H3,(H,26,31)(H2,22,24,25)/q+1/t12-,13-,14?,15+/m0/s1. The van der Waals surface area contributed by atoms with Crippen molar-refractivity contribution in [2.45, 2.75) is 65.2 Å². The van der Waals surface area contributed by atoms with Gasteiger partial charge in [-0.05, 0) is 39.2 Å². The number of alkyl halides is 1. The summed E-state index contributed by atoms with van der Waals surface area (Å²) in [4.78, 5) is 26.4. The first-order valence-corrected chi connectivity index (χ1v) is 12.3. The molecular formula is C20H34FN7O6P+. The molecule has 4 N–H and O–H groups in total. The van der Waals surface area contributed by atoms with Gasteiger partial charge in [0, 0.05) is 13.6 Å². The molecule has 0 aromatic carbocycles. The van der Waals surface area contributed by atoms with Crippen molar-refractivity contribution in [3.63, 3.8) is 0 Å². The normalized spacial score (nSPS) is 15.6. The highest BCUT2D eigenvalue weighted by atomic mass is 31.1. The van der Waals surface area contributed by atoms with E-state index >= 15 is 0 Å². The molecule has 0 fully saturated rings. The van der Waals surface area contributed by atoms with Gasteiger partial charge in [0.05, 0.1) is 18.5 Å². The van der Waals surface area contributed by atoms with E-state index in [1.807, 2.05) is 18.9 Å². The molecule has 0 aliphatic heterocycles. The number of nitrogens with two attached hydrogens (primary N) is 1. The number of nitrogens with zero attached hydrogens (tertiary/aromatic N) is 5. The van der Waals surface area contributed by atoms with Crippen LogP contribution in [0.2, 0.25) is 0 Å². The SMILES string of the molecule is CCN(C)c1nc(N)nc2c1ncn2[C@@H](CF)OC(CO[P+](=O)N[C@@H](C)C(=O)OC(C)C)[C@H](C)O. The quantitative estimate of drug-likeness (QED) is 0.245. The molecule has 196 valence electrons. The molecule has 5 atom stereocenters. The highest BCUT2D eigenvalue weighted by molar-refractivity contribution is 7.36. The van der Waals surface area contributed by atoms with Crippen molar-refractivity contribution in [3.05, 3.63) is 6.33 Å². The molecule has 0 spiro atoms. The molecule has 0 saturated carbocycles. The zero-order valence-electron chi connectivity index (χ0n) is 20.7. The number of aromatic nitrogens is 4. The number of anilines is 2. The molecule has 0 saturated heterocycles. The van der Waals surface area contributed by atoms with E-state index in [9.17, 15) is 18.9 Å². The number of hydrogen-bond acceptors (Lipinski definition) is 11. The Morgan fingerprint density at radius 1 is 1.34 bits per heavy atom. The second-order valence-electron chi connectivity index (χ2n) is 8.16. The Bertz CT molecular complexity index is 1010. The number of imidazole rings is 1. The Morgan fingerprint density at radius 3 is 2.60 bits per heavy atom. The van der Waals surface area contributed by atoms with Gasteiger partial charge in [0.2, 0.25) is 5.95 Å². The van der Waals surface area contributed by atoms with E-state index in [0.29, 0.717) is 17.9 Å². The lowest BCUT2D eigenvalue weighted by Crippen LogP contribution is -2.36. The monoisotopic (exact) mass is 518 g/mol. The van der Waals surface area contributed by atoms with Crippen molar-refractivity contribution in [2.24, 2.45) is 0 Å². The van der Waals surface area contributed by atoms with E-state index in [-0.39, 0.29) is 24.3 Å². The highest BCUT2D eigenvalue weighted by Crippen LogP contribution is 2.27. The first kappa shape index (κ1) is 28.7. The van der Waals surface area contributed by atoms with Gasteiger partial charge in [-0.25, -0.2) is 9.37 Å². The summed E-state index contributed by atoms with van der Waals surface area (Å²) in [5, 5.41) is 12.6. The van der Waals surface area contributed by atoms with Gasteiger partial charge in [-0.2, -0.15) is 9.97 Å². The van der Waals surface area contributed by atoms with E-state index in [0.717, 1.165) is 0 Å². The van der Waals surface area contributed by atoms with Crippen LogP contribution in [0.1, 0.15) is 40.8 Å². The van der Waals surface area contributed by atoms with E-state index in [2.05, 4.69) is 20.0 Å². The predicted octanol–water partition coefficient (Wildman–Crippen LogP) is 1.70. The average Bonchev–Trinajstić information content (AvgIpc) is 3.20. The molecule has 15 heteroatoms. The average molecular weight is 519 g/mol. The molecule has 0 amide bonds. The van der Waals surface area contributed by atoms with Crippen LogP contribution >= 0.6 is 8.18 Å². The summed E-state index contributed by atoms with van der Waals surface area (Å²) in [7, 11) is -0.694. The van der Waals surface area contributed by atoms with Crippen LogP contribution in [0, 0.1) is 0 Å². The van der Waals surface area contributed by atoms with Crippen molar-refractivity contribution in [1.82, 2.24) is 24.6 Å². The number of esters is 1. The van der Waals surface area contributed by atoms with Crippen LogP contribution in [0.15, 0.2) is 6.33 Å². The third-order valence-corrected chi connectivity index (χ3v) is 5.91. The first-order valence-electron chi connectivity index (χ1n) is 11.2. The van der Waals surface area contributed by atoms with Crippen molar-refractivity contribution in [2.75, 3.05) is 37.5 Å². The second kappa shape index (κ2) is 13.0. The molecule has 0 aliphatic carbocycles. The summed E-state index contributed by atoms with van der Waals surface area (Å²) in [6, 6.07) is -0.886. The van der Waals surface area contributed by atoms with Crippen molar-refractivity contribution < 1.29 is 32.9 Å². The number of nitrogen functional groups attached to an aromatic ring is 1. The minimum atomic E-state index is -2.50.